The average molecular weight is 446 g/mol. The number of carbonyl (C=O) groups is 1. The highest BCUT2D eigenvalue weighted by molar-refractivity contribution is 7.99. The van der Waals surface area contributed by atoms with Crippen molar-refractivity contribution in [3.05, 3.63) is 18.0 Å². The van der Waals surface area contributed by atoms with Crippen LogP contribution in [0.25, 0.3) is 10.9 Å². The monoisotopic (exact) mass is 445 g/mol. The summed E-state index contributed by atoms with van der Waals surface area (Å²) in [7, 11) is 3.13. The first kappa shape index (κ1) is 21.0. The van der Waals surface area contributed by atoms with E-state index in [1.54, 1.807) is 31.3 Å². The van der Waals surface area contributed by atoms with E-state index in [1.807, 2.05) is 11.8 Å². The first-order chi connectivity index (χ1) is 15.0. The summed E-state index contributed by atoms with van der Waals surface area (Å²) in [5.41, 5.74) is 6.85. The summed E-state index contributed by atoms with van der Waals surface area (Å²) < 4.78 is 16.1. The lowest BCUT2D eigenvalue weighted by Gasteiger charge is -2.34. The first-order valence-electron chi connectivity index (χ1n) is 9.73. The van der Waals surface area contributed by atoms with Gasteiger partial charge in [-0.15, -0.1) is 10.2 Å². The fourth-order valence-electron chi connectivity index (χ4n) is 3.33. The molecule has 31 heavy (non-hydrogen) atoms. The Morgan fingerprint density at radius 2 is 1.84 bits per heavy atom. The van der Waals surface area contributed by atoms with Crippen molar-refractivity contribution in [2.45, 2.75) is 12.1 Å². The Morgan fingerprint density at radius 3 is 2.52 bits per heavy atom. The zero-order valence-corrected chi connectivity index (χ0v) is 18.3. The van der Waals surface area contributed by atoms with E-state index in [0.717, 1.165) is 5.75 Å². The van der Waals surface area contributed by atoms with E-state index < -0.39 is 0 Å². The Labute approximate surface area is 182 Å². The minimum atomic E-state index is -0.272. The van der Waals surface area contributed by atoms with Gasteiger partial charge in [-0.05, 0) is 11.8 Å². The minimum absolute atomic E-state index is 0.0108. The molecular formula is C19H23N7O4S. The number of nitrogen functional groups attached to an aromatic ring is 1. The smallest absolute Gasteiger partial charge is 0.311 e. The van der Waals surface area contributed by atoms with Crippen molar-refractivity contribution >= 4 is 40.3 Å². The van der Waals surface area contributed by atoms with Crippen molar-refractivity contribution in [1.82, 2.24) is 25.1 Å². The standard InChI is InChI=1S/C19H23N7O4S/c1-4-31-19-24-23-16(30-19)17(27)25-5-7-26(8-6-25)18-21-12-10-14(29-3)13(28-2)9-11(12)15(20)22-18/h9-10H,4-8H2,1-3H3,(H2,20,21,22). The lowest BCUT2D eigenvalue weighted by Crippen LogP contribution is -2.49. The van der Waals surface area contributed by atoms with Gasteiger partial charge in [-0.2, -0.15) is 4.98 Å². The van der Waals surface area contributed by atoms with Gasteiger partial charge in [0.15, 0.2) is 11.5 Å². The van der Waals surface area contributed by atoms with Crippen LogP contribution in [-0.4, -0.2) is 77.1 Å². The molecule has 1 amide bonds. The van der Waals surface area contributed by atoms with Crippen LogP contribution in [0.2, 0.25) is 0 Å². The van der Waals surface area contributed by atoms with Gasteiger partial charge < -0.3 is 29.4 Å². The second-order valence-corrected chi connectivity index (χ2v) is 7.93. The van der Waals surface area contributed by atoms with Crippen molar-refractivity contribution in [2.24, 2.45) is 0 Å². The number of ether oxygens (including phenoxy) is 2. The van der Waals surface area contributed by atoms with Gasteiger partial charge in [0.25, 0.3) is 5.22 Å². The number of amides is 1. The van der Waals surface area contributed by atoms with Crippen molar-refractivity contribution in [1.29, 1.82) is 0 Å². The summed E-state index contributed by atoms with van der Waals surface area (Å²) in [6.45, 7) is 4.03. The van der Waals surface area contributed by atoms with Gasteiger partial charge in [0, 0.05) is 37.6 Å². The molecule has 0 radical (unpaired) electrons. The first-order valence-corrected chi connectivity index (χ1v) is 10.7. The number of aromatic nitrogens is 4. The number of anilines is 2. The third kappa shape index (κ3) is 4.15. The number of piperazine rings is 1. The fraction of sp³-hybridized carbons (Fsp3) is 0.421. The second-order valence-electron chi connectivity index (χ2n) is 6.72. The van der Waals surface area contributed by atoms with E-state index in [1.165, 1.54) is 11.8 Å². The average Bonchev–Trinajstić information content (AvgIpc) is 3.26. The Hall–Kier alpha value is -3.28. The van der Waals surface area contributed by atoms with Gasteiger partial charge in [0.1, 0.15) is 5.82 Å². The van der Waals surface area contributed by atoms with Crippen molar-refractivity contribution in [2.75, 3.05) is 56.8 Å². The Morgan fingerprint density at radius 1 is 1.13 bits per heavy atom. The maximum atomic E-state index is 12.6. The number of hydrogen-bond acceptors (Lipinski definition) is 11. The molecule has 11 nitrogen and oxygen atoms in total. The number of methoxy groups -OCH3 is 2. The molecule has 1 saturated heterocycles. The van der Waals surface area contributed by atoms with Gasteiger partial charge in [0.2, 0.25) is 5.95 Å². The number of nitrogens with two attached hydrogens (primary N) is 1. The number of benzene rings is 1. The molecule has 2 N–H and O–H groups in total. The minimum Gasteiger partial charge on any atom is -0.493 e. The molecule has 1 fully saturated rings. The van der Waals surface area contributed by atoms with Gasteiger partial charge in [-0.1, -0.05) is 18.7 Å². The molecule has 1 aliphatic heterocycles. The number of carbonyl (C=O) groups excluding carboxylic acids is 1. The van der Waals surface area contributed by atoms with Crippen LogP contribution in [0.15, 0.2) is 21.8 Å². The van der Waals surface area contributed by atoms with Gasteiger partial charge >= 0.3 is 11.8 Å². The normalized spacial score (nSPS) is 14.2. The molecule has 0 unspecified atom stereocenters. The van der Waals surface area contributed by atoms with Crippen LogP contribution in [0.1, 0.15) is 17.6 Å². The molecular weight excluding hydrogens is 422 g/mol. The lowest BCUT2D eigenvalue weighted by molar-refractivity contribution is 0.0700. The summed E-state index contributed by atoms with van der Waals surface area (Å²) in [6.07, 6.45) is 0. The summed E-state index contributed by atoms with van der Waals surface area (Å²) in [6, 6.07) is 3.54. The van der Waals surface area contributed by atoms with E-state index in [4.69, 9.17) is 19.6 Å². The third-order valence-electron chi connectivity index (χ3n) is 4.93. The van der Waals surface area contributed by atoms with Crippen LogP contribution in [0.3, 0.4) is 0 Å². The highest BCUT2D eigenvalue weighted by atomic mass is 32.2. The molecule has 0 spiro atoms. The highest BCUT2D eigenvalue weighted by Crippen LogP contribution is 2.34. The molecule has 12 heteroatoms. The van der Waals surface area contributed by atoms with Gasteiger partial charge in [-0.25, -0.2) is 4.98 Å². The van der Waals surface area contributed by atoms with E-state index in [2.05, 4.69) is 20.2 Å². The van der Waals surface area contributed by atoms with E-state index >= 15 is 0 Å². The molecule has 1 aliphatic rings. The van der Waals surface area contributed by atoms with E-state index in [9.17, 15) is 4.79 Å². The lowest BCUT2D eigenvalue weighted by atomic mass is 10.2. The fourth-order valence-corrected chi connectivity index (χ4v) is 3.81. The number of hydrogen-bond donors (Lipinski definition) is 1. The molecule has 3 heterocycles. The van der Waals surface area contributed by atoms with Crippen molar-refractivity contribution < 1.29 is 18.7 Å². The van der Waals surface area contributed by atoms with Crippen LogP contribution in [0.4, 0.5) is 11.8 Å². The number of thioether (sulfide) groups is 1. The molecule has 2 aromatic heterocycles. The SMILES string of the molecule is CCSc1nnc(C(=O)N2CCN(c3nc(N)c4cc(OC)c(OC)cc4n3)CC2)o1. The van der Waals surface area contributed by atoms with Crippen molar-refractivity contribution in [3.63, 3.8) is 0 Å². The molecule has 3 aromatic rings. The zero-order chi connectivity index (χ0) is 22.0. The maximum absolute atomic E-state index is 12.6. The summed E-state index contributed by atoms with van der Waals surface area (Å²) in [4.78, 5) is 25.4. The molecule has 164 valence electrons. The third-order valence-corrected chi connectivity index (χ3v) is 5.63. The number of nitrogens with zero attached hydrogens (tertiary/aromatic N) is 6. The molecule has 4 rings (SSSR count). The molecule has 0 atom stereocenters. The maximum Gasteiger partial charge on any atom is 0.311 e. The number of rotatable bonds is 6. The Bertz CT molecular complexity index is 1100. The molecule has 1 aromatic carbocycles. The topological polar surface area (TPSA) is 133 Å². The van der Waals surface area contributed by atoms with E-state index in [0.29, 0.717) is 65.6 Å². The summed E-state index contributed by atoms with van der Waals surface area (Å²) >= 11 is 1.40. The van der Waals surface area contributed by atoms with Crippen LogP contribution in [0, 0.1) is 0 Å². The molecule has 0 bridgehead atoms. The van der Waals surface area contributed by atoms with Gasteiger partial charge in [-0.3, -0.25) is 4.79 Å². The predicted octanol–water partition coefficient (Wildman–Crippen LogP) is 1.69. The summed E-state index contributed by atoms with van der Waals surface area (Å²) in [5, 5.41) is 8.83. The van der Waals surface area contributed by atoms with Crippen LogP contribution < -0.4 is 20.1 Å². The second kappa shape index (κ2) is 8.84. The van der Waals surface area contributed by atoms with Crippen molar-refractivity contribution in [3.8, 4) is 11.5 Å². The quantitative estimate of drug-likeness (QED) is 0.556. The molecule has 0 aliphatic carbocycles. The Balaban J connectivity index is 1.49. The number of fused-ring (bicyclic) bond motifs is 1. The summed E-state index contributed by atoms with van der Waals surface area (Å²) in [5.74, 6) is 2.51. The largest absolute Gasteiger partial charge is 0.493 e. The van der Waals surface area contributed by atoms with E-state index in [-0.39, 0.29) is 11.8 Å². The predicted molar refractivity (Wildman–Crippen MR) is 116 cm³/mol. The highest BCUT2D eigenvalue weighted by Gasteiger charge is 2.27. The van der Waals surface area contributed by atoms with Crippen LogP contribution >= 0.6 is 11.8 Å². The zero-order valence-electron chi connectivity index (χ0n) is 17.5. The Kier molecular flexibility index (Phi) is 5.98. The van der Waals surface area contributed by atoms with Crippen LogP contribution in [0.5, 0.6) is 11.5 Å². The molecule has 0 saturated carbocycles. The van der Waals surface area contributed by atoms with Gasteiger partial charge in [0.05, 0.1) is 19.7 Å². The van der Waals surface area contributed by atoms with Crippen LogP contribution in [-0.2, 0) is 0 Å².